The van der Waals surface area contributed by atoms with Gasteiger partial charge in [-0.1, -0.05) is 283 Å². The Morgan fingerprint density at radius 1 is 0.297 bits per heavy atom. The van der Waals surface area contributed by atoms with E-state index in [1.54, 1.807) is 0 Å². The summed E-state index contributed by atoms with van der Waals surface area (Å²) >= 11 is 0. The van der Waals surface area contributed by atoms with E-state index in [1.165, 1.54) is 274 Å². The van der Waals surface area contributed by atoms with E-state index in [0.717, 1.165) is 35.6 Å². The molecule has 0 N–H and O–H groups in total. The molecule has 0 aliphatic carbocycles. The molecule has 0 aromatic heterocycles. The molecular weight excluding hydrogens is 819 g/mol. The van der Waals surface area contributed by atoms with Gasteiger partial charge in [-0.05, 0) is 80.8 Å². The van der Waals surface area contributed by atoms with Crippen molar-refractivity contribution in [1.82, 2.24) is 0 Å². The zero-order valence-electron chi connectivity index (χ0n) is 43.2. The van der Waals surface area contributed by atoms with Crippen LogP contribution in [0.3, 0.4) is 0 Å². The third kappa shape index (κ3) is 36.4. The number of aliphatic imine (C=N–C) groups is 2. The molecule has 0 radical (unpaired) electrons. The number of rotatable bonds is 46. The van der Waals surface area contributed by atoms with Crippen molar-refractivity contribution >= 4 is 22.8 Å². The number of benzene rings is 2. The van der Waals surface area contributed by atoms with Gasteiger partial charge in [0.1, 0.15) is 0 Å². The summed E-state index contributed by atoms with van der Waals surface area (Å²) in [6.07, 6.45) is 60.1. The van der Waals surface area contributed by atoms with Gasteiger partial charge >= 0.3 is 0 Å². The van der Waals surface area contributed by atoms with Crippen molar-refractivity contribution in [3.8, 4) is 0 Å². The first kappa shape index (κ1) is 60.3. The van der Waals surface area contributed by atoms with Crippen LogP contribution in [0.25, 0.3) is 0 Å². The second-order valence-corrected chi connectivity index (χ2v) is 19.9. The summed E-state index contributed by atoms with van der Waals surface area (Å²) in [7, 11) is 0. The van der Waals surface area contributed by atoms with Crippen molar-refractivity contribution in [2.45, 2.75) is 304 Å². The Labute approximate surface area is 410 Å². The van der Waals surface area contributed by atoms with Crippen molar-refractivity contribution in [2.75, 3.05) is 0 Å². The van der Waals surface area contributed by atoms with Crippen molar-refractivity contribution in [3.05, 3.63) is 59.7 Å². The first-order chi connectivity index (χ1) is 31.2. The molecule has 2 aromatic rings. The van der Waals surface area contributed by atoms with Gasteiger partial charge in [0.05, 0.1) is 22.8 Å². The third-order valence-corrected chi connectivity index (χ3v) is 13.8. The molecule has 0 unspecified atom stereocenters. The number of hydrogen-bond acceptors (Lipinski definition) is 2. The first-order valence-corrected chi connectivity index (χ1v) is 28.5. The average Bonchev–Trinajstić information content (AvgIpc) is 3.30. The van der Waals surface area contributed by atoms with Gasteiger partial charge in [-0.3, -0.25) is 9.98 Å². The van der Waals surface area contributed by atoms with Crippen LogP contribution in [0.1, 0.15) is 302 Å². The molecule has 0 aliphatic rings. The molecule has 0 amide bonds. The van der Waals surface area contributed by atoms with Gasteiger partial charge in [0.2, 0.25) is 0 Å². The minimum atomic E-state index is 0. The largest absolute Gasteiger partial charge is 0.252 e. The summed E-state index contributed by atoms with van der Waals surface area (Å²) in [4.78, 5) is 10.2. The zero-order chi connectivity index (χ0) is 44.9. The Morgan fingerprint density at radius 2 is 0.531 bits per heavy atom. The van der Waals surface area contributed by atoms with Crippen LogP contribution in [0.5, 0.6) is 0 Å². The fourth-order valence-electron chi connectivity index (χ4n) is 9.37. The molecule has 0 spiro atoms. The van der Waals surface area contributed by atoms with Crippen LogP contribution in [0.4, 0.5) is 11.4 Å². The minimum absolute atomic E-state index is 0. The fourth-order valence-corrected chi connectivity index (χ4v) is 9.37. The van der Waals surface area contributed by atoms with E-state index in [1.807, 2.05) is 0 Å². The second kappa shape index (κ2) is 46.4. The van der Waals surface area contributed by atoms with E-state index >= 15 is 0 Å². The summed E-state index contributed by atoms with van der Waals surface area (Å²) in [5, 5.41) is 0. The normalized spacial score (nSPS) is 12.0. The smallest absolute Gasteiger partial charge is 0.0633 e. The molecule has 0 heterocycles. The van der Waals surface area contributed by atoms with Gasteiger partial charge in [-0.25, -0.2) is 0 Å². The quantitative estimate of drug-likeness (QED) is 0.0359. The molecule has 0 aliphatic heterocycles. The monoisotopic (exact) mass is 925 g/mol. The van der Waals surface area contributed by atoms with Gasteiger partial charge < -0.3 is 0 Å². The molecule has 3 heteroatoms. The molecule has 2 aromatic carbocycles. The molecule has 2 rings (SSSR count). The molecule has 0 fully saturated rings. The maximum absolute atomic E-state index is 5.14. The topological polar surface area (TPSA) is 24.7 Å². The Hall–Kier alpha value is -1.73. The van der Waals surface area contributed by atoms with E-state index in [0.29, 0.717) is 0 Å². The SMILES string of the molecule is CCCCCCCCCCCCCCCCCCCCCc1ccc(/N=C(C)/C(CCCC)=N/c2ccc(CCCCCCCCCCCCCCCCCCCCC)cc2)cc1.[Ni]. The van der Waals surface area contributed by atoms with Gasteiger partial charge in [0.15, 0.2) is 0 Å². The molecule has 64 heavy (non-hydrogen) atoms. The van der Waals surface area contributed by atoms with Crippen LogP contribution in [-0.2, 0) is 29.3 Å². The average molecular weight is 926 g/mol. The summed E-state index contributed by atoms with van der Waals surface area (Å²) in [6, 6.07) is 18.1. The molecule has 0 saturated carbocycles. The van der Waals surface area contributed by atoms with E-state index in [-0.39, 0.29) is 16.5 Å². The van der Waals surface area contributed by atoms with E-state index in [9.17, 15) is 0 Å². The first-order valence-electron chi connectivity index (χ1n) is 28.5. The van der Waals surface area contributed by atoms with E-state index in [4.69, 9.17) is 9.98 Å². The standard InChI is InChI=1S/C61H106N2.Ni/c1-5-8-11-13-15-17-19-21-23-25-27-29-31-33-35-37-39-41-43-45-57-48-52-59(53-49-57)62-56(4)61(47-10-7-3)63-60-54-50-58(51-55-60)46-44-42-40-38-36-34-32-30-28-26-24-22-20-18-16-14-12-9-6-2;/h48-55H,5-47H2,1-4H3;/b62-56+,63-61+;. The number of nitrogens with zero attached hydrogens (tertiary/aromatic N) is 2. The predicted octanol–water partition coefficient (Wildman–Crippen LogP) is 21.7. The number of aryl methyl sites for hydroxylation is 2. The van der Waals surface area contributed by atoms with Crippen LogP contribution < -0.4 is 0 Å². The molecule has 2 nitrogen and oxygen atoms in total. The van der Waals surface area contributed by atoms with Crippen LogP contribution in [0.2, 0.25) is 0 Å². The fraction of sp³-hybridized carbons (Fsp3) is 0.770. The zero-order valence-corrected chi connectivity index (χ0v) is 44.2. The van der Waals surface area contributed by atoms with Gasteiger partial charge in [-0.15, -0.1) is 0 Å². The van der Waals surface area contributed by atoms with Crippen molar-refractivity contribution < 1.29 is 16.5 Å². The molecule has 0 atom stereocenters. The van der Waals surface area contributed by atoms with Crippen LogP contribution in [0, 0.1) is 0 Å². The Balaban J connectivity index is 0.0000205. The predicted molar refractivity (Wildman–Crippen MR) is 286 cm³/mol. The van der Waals surface area contributed by atoms with Crippen LogP contribution in [-0.4, -0.2) is 11.4 Å². The van der Waals surface area contributed by atoms with Gasteiger partial charge in [0.25, 0.3) is 0 Å². The molecule has 370 valence electrons. The van der Waals surface area contributed by atoms with E-state index in [2.05, 4.69) is 76.2 Å². The minimum Gasteiger partial charge on any atom is -0.252 e. The third-order valence-electron chi connectivity index (χ3n) is 13.8. The van der Waals surface area contributed by atoms with Crippen molar-refractivity contribution in [2.24, 2.45) is 9.98 Å². The second-order valence-electron chi connectivity index (χ2n) is 19.9. The van der Waals surface area contributed by atoms with Crippen LogP contribution >= 0.6 is 0 Å². The van der Waals surface area contributed by atoms with Crippen LogP contribution in [0.15, 0.2) is 58.5 Å². The Kier molecular flexibility index (Phi) is 43.7. The summed E-state index contributed by atoms with van der Waals surface area (Å²) < 4.78 is 0. The van der Waals surface area contributed by atoms with Crippen molar-refractivity contribution in [1.29, 1.82) is 0 Å². The molecule has 0 saturated heterocycles. The maximum Gasteiger partial charge on any atom is 0.0633 e. The number of unbranched alkanes of at least 4 members (excludes halogenated alkanes) is 37. The molecule has 0 bridgehead atoms. The Bertz CT molecular complexity index is 1310. The molecular formula is C61H106N2Ni. The summed E-state index contributed by atoms with van der Waals surface area (Å²) in [5.74, 6) is 0. The van der Waals surface area contributed by atoms with Crippen molar-refractivity contribution in [3.63, 3.8) is 0 Å². The van der Waals surface area contributed by atoms with E-state index < -0.39 is 0 Å². The van der Waals surface area contributed by atoms with Gasteiger partial charge in [0, 0.05) is 16.5 Å². The Morgan fingerprint density at radius 3 is 0.797 bits per heavy atom. The maximum atomic E-state index is 5.14. The number of hydrogen-bond donors (Lipinski definition) is 0. The summed E-state index contributed by atoms with van der Waals surface area (Å²) in [6.45, 7) is 9.02. The summed E-state index contributed by atoms with van der Waals surface area (Å²) in [5.41, 5.74) is 7.17. The van der Waals surface area contributed by atoms with Gasteiger partial charge in [-0.2, -0.15) is 0 Å².